The van der Waals surface area contributed by atoms with Crippen LogP contribution in [0.4, 0.5) is 11.4 Å². The van der Waals surface area contributed by atoms with Gasteiger partial charge >= 0.3 is 5.97 Å². The van der Waals surface area contributed by atoms with Crippen LogP contribution in [0.25, 0.3) is 0 Å². The maximum atomic E-state index is 13.0. The fourth-order valence-electron chi connectivity index (χ4n) is 3.87. The summed E-state index contributed by atoms with van der Waals surface area (Å²) in [4.78, 5) is 28.4. The molecule has 3 aromatic rings. The first kappa shape index (κ1) is 25.4. The lowest BCUT2D eigenvalue weighted by Gasteiger charge is -2.26. The number of nitrogens with zero attached hydrogens (tertiary/aromatic N) is 2. The third kappa shape index (κ3) is 6.51. The highest BCUT2D eigenvalue weighted by Gasteiger charge is 2.27. The van der Waals surface area contributed by atoms with Gasteiger partial charge < -0.3 is 13.9 Å². The Balaban J connectivity index is 1.62. The van der Waals surface area contributed by atoms with E-state index in [-0.39, 0.29) is 18.4 Å². The number of amides is 1. The summed E-state index contributed by atoms with van der Waals surface area (Å²) in [6.45, 7) is 6.15. The zero-order chi connectivity index (χ0) is 25.2. The number of carbonyl (C=O) groups excluding carboxylic acids is 2. The summed E-state index contributed by atoms with van der Waals surface area (Å²) < 4.78 is 7.43. The van der Waals surface area contributed by atoms with Gasteiger partial charge in [-0.25, -0.2) is 0 Å². The van der Waals surface area contributed by atoms with E-state index in [9.17, 15) is 9.59 Å². The van der Waals surface area contributed by atoms with Crippen LogP contribution in [-0.4, -0.2) is 30.6 Å². The smallest absolute Gasteiger partial charge is 0.327 e. The summed E-state index contributed by atoms with van der Waals surface area (Å²) in [6, 6.07) is 20.4. The largest absolute Gasteiger partial charge is 0.459 e. The number of rotatable bonds is 6. The van der Waals surface area contributed by atoms with Gasteiger partial charge in [-0.1, -0.05) is 41.4 Å². The molecule has 0 N–H and O–H groups in total. The highest BCUT2D eigenvalue weighted by Crippen LogP contribution is 2.37. The van der Waals surface area contributed by atoms with E-state index in [0.29, 0.717) is 22.2 Å². The maximum absolute atomic E-state index is 13.0. The highest BCUT2D eigenvalue weighted by atomic mass is 35.5. The number of benzene rings is 3. The van der Waals surface area contributed by atoms with Crippen LogP contribution < -0.4 is 9.21 Å². The molecule has 0 saturated heterocycles. The molecule has 1 aliphatic heterocycles. The molecular formula is C27H26Cl2N2O3S. The van der Waals surface area contributed by atoms with Gasteiger partial charge in [-0.2, -0.15) is 0 Å². The van der Waals surface area contributed by atoms with Crippen molar-refractivity contribution in [2.45, 2.75) is 37.7 Å². The molecular weight excluding hydrogens is 503 g/mol. The average Bonchev–Trinajstić information content (AvgIpc) is 3.20. The molecule has 0 aliphatic carbocycles. The molecule has 0 atom stereocenters. The summed E-state index contributed by atoms with van der Waals surface area (Å²) in [5.41, 5.74) is 2.82. The van der Waals surface area contributed by atoms with E-state index in [2.05, 4.69) is 0 Å². The molecule has 0 bridgehead atoms. The molecule has 0 radical (unpaired) electrons. The van der Waals surface area contributed by atoms with Crippen molar-refractivity contribution in [3.63, 3.8) is 0 Å². The van der Waals surface area contributed by atoms with Crippen LogP contribution in [0.3, 0.4) is 0 Å². The average molecular weight is 529 g/mol. The zero-order valence-electron chi connectivity index (χ0n) is 19.8. The van der Waals surface area contributed by atoms with Crippen LogP contribution in [-0.2, 0) is 16.0 Å². The van der Waals surface area contributed by atoms with Gasteiger partial charge in [-0.15, -0.1) is 0 Å². The van der Waals surface area contributed by atoms with Crippen molar-refractivity contribution >= 4 is 58.4 Å². The van der Waals surface area contributed by atoms with Gasteiger partial charge in [-0.05, 0) is 93.2 Å². The second-order valence-electron chi connectivity index (χ2n) is 9.21. The molecule has 8 heteroatoms. The number of fused-ring (bicyclic) bond motifs is 1. The summed E-state index contributed by atoms with van der Waals surface area (Å²) >= 11 is 13.8. The van der Waals surface area contributed by atoms with Gasteiger partial charge in [0.25, 0.3) is 5.91 Å². The standard InChI is InChI=1S/C27H26Cl2N2O3S/c1-27(2,3)34-25(32)17-31(35-23-15-20(28)14-21(29)16-23)22-9-10-24-19(13-22)11-12-30(24)26(33)18-7-5-4-6-8-18/h4-10,13-16H,11-12,17H2,1-3H3. The minimum Gasteiger partial charge on any atom is -0.459 e. The van der Waals surface area contributed by atoms with Gasteiger partial charge in [-0.3, -0.25) is 9.59 Å². The first-order valence-electron chi connectivity index (χ1n) is 11.2. The number of hydrogen-bond acceptors (Lipinski definition) is 5. The quantitative estimate of drug-likeness (QED) is 0.253. The minimum atomic E-state index is -0.594. The number of ether oxygens (including phenoxy) is 1. The number of halogens is 2. The lowest BCUT2D eigenvalue weighted by atomic mass is 10.1. The van der Waals surface area contributed by atoms with Crippen LogP contribution in [0.15, 0.2) is 71.6 Å². The molecule has 3 aromatic carbocycles. The molecule has 0 spiro atoms. The van der Waals surface area contributed by atoms with E-state index in [4.69, 9.17) is 27.9 Å². The zero-order valence-corrected chi connectivity index (χ0v) is 22.1. The molecule has 4 rings (SSSR count). The highest BCUT2D eigenvalue weighted by molar-refractivity contribution is 8.00. The molecule has 1 heterocycles. The van der Waals surface area contributed by atoms with E-state index < -0.39 is 5.60 Å². The molecule has 182 valence electrons. The Morgan fingerprint density at radius 2 is 1.69 bits per heavy atom. The van der Waals surface area contributed by atoms with E-state index in [1.54, 1.807) is 23.1 Å². The molecule has 5 nitrogen and oxygen atoms in total. The first-order chi connectivity index (χ1) is 16.6. The lowest BCUT2D eigenvalue weighted by Crippen LogP contribution is -2.31. The Kier molecular flexibility index (Phi) is 7.64. The van der Waals surface area contributed by atoms with Crippen LogP contribution in [0.5, 0.6) is 0 Å². The summed E-state index contributed by atoms with van der Waals surface area (Å²) in [5.74, 6) is -0.370. The topological polar surface area (TPSA) is 49.9 Å². The van der Waals surface area contributed by atoms with E-state index in [1.165, 1.54) is 11.9 Å². The molecule has 1 amide bonds. The fourth-order valence-corrected chi connectivity index (χ4v) is 5.52. The van der Waals surface area contributed by atoms with Crippen LogP contribution in [0.1, 0.15) is 36.7 Å². The Morgan fingerprint density at radius 3 is 2.34 bits per heavy atom. The van der Waals surface area contributed by atoms with Crippen molar-refractivity contribution in [3.05, 3.63) is 87.9 Å². The molecule has 1 aliphatic rings. The van der Waals surface area contributed by atoms with Gasteiger partial charge in [0.05, 0.1) is 0 Å². The normalized spacial score (nSPS) is 12.9. The Morgan fingerprint density at radius 1 is 1.00 bits per heavy atom. The predicted octanol–water partition coefficient (Wildman–Crippen LogP) is 7.05. The van der Waals surface area contributed by atoms with E-state index in [1.807, 2.05) is 73.6 Å². The maximum Gasteiger partial charge on any atom is 0.327 e. The lowest BCUT2D eigenvalue weighted by molar-refractivity contribution is -0.152. The predicted molar refractivity (Wildman–Crippen MR) is 144 cm³/mol. The molecule has 35 heavy (non-hydrogen) atoms. The number of hydrogen-bond donors (Lipinski definition) is 0. The summed E-state index contributed by atoms with van der Waals surface area (Å²) in [7, 11) is 0. The third-order valence-corrected chi connectivity index (χ3v) is 6.70. The Labute approximate surface area is 220 Å². The van der Waals surface area contributed by atoms with Crippen LogP contribution in [0, 0.1) is 0 Å². The Hall–Kier alpha value is -2.67. The van der Waals surface area contributed by atoms with Gasteiger partial charge in [0.1, 0.15) is 12.1 Å². The monoisotopic (exact) mass is 528 g/mol. The van der Waals surface area contributed by atoms with Crippen molar-refractivity contribution in [2.75, 3.05) is 22.3 Å². The van der Waals surface area contributed by atoms with Crippen molar-refractivity contribution < 1.29 is 14.3 Å². The van der Waals surface area contributed by atoms with Crippen molar-refractivity contribution in [1.82, 2.24) is 0 Å². The van der Waals surface area contributed by atoms with Crippen LogP contribution >= 0.6 is 35.1 Å². The minimum absolute atomic E-state index is 0.0225. The molecule has 0 saturated carbocycles. The first-order valence-corrected chi connectivity index (χ1v) is 12.8. The van der Waals surface area contributed by atoms with Crippen molar-refractivity contribution in [2.24, 2.45) is 0 Å². The van der Waals surface area contributed by atoms with Gasteiger partial charge in [0, 0.05) is 38.4 Å². The number of esters is 1. The van der Waals surface area contributed by atoms with E-state index in [0.717, 1.165) is 28.3 Å². The second kappa shape index (κ2) is 10.5. The van der Waals surface area contributed by atoms with Crippen LogP contribution in [0.2, 0.25) is 10.0 Å². The summed E-state index contributed by atoms with van der Waals surface area (Å²) in [6.07, 6.45) is 0.732. The Bertz CT molecular complexity index is 1220. The van der Waals surface area contributed by atoms with E-state index >= 15 is 0 Å². The number of anilines is 2. The summed E-state index contributed by atoms with van der Waals surface area (Å²) in [5, 5.41) is 1.03. The third-order valence-electron chi connectivity index (χ3n) is 5.26. The molecule has 0 unspecified atom stereocenters. The van der Waals surface area contributed by atoms with Crippen molar-refractivity contribution in [1.29, 1.82) is 0 Å². The second-order valence-corrected chi connectivity index (χ2v) is 11.2. The van der Waals surface area contributed by atoms with Crippen molar-refractivity contribution in [3.8, 4) is 0 Å². The van der Waals surface area contributed by atoms with Gasteiger partial charge in [0.15, 0.2) is 0 Å². The number of carbonyl (C=O) groups is 2. The molecule has 0 fully saturated rings. The van der Waals surface area contributed by atoms with Gasteiger partial charge in [0.2, 0.25) is 0 Å². The SMILES string of the molecule is CC(C)(C)OC(=O)CN(Sc1cc(Cl)cc(Cl)c1)c1ccc2c(c1)CCN2C(=O)c1ccccc1. The molecule has 0 aromatic heterocycles. The fraction of sp³-hybridized carbons (Fsp3) is 0.259.